The lowest BCUT2D eigenvalue weighted by Gasteiger charge is -2.33. The van der Waals surface area contributed by atoms with Gasteiger partial charge in [-0.05, 0) is 52.6 Å². The summed E-state index contributed by atoms with van der Waals surface area (Å²) in [5, 5.41) is 6.06. The number of rotatable bonds is 8. The number of benzene rings is 4. The number of nitrogens with one attached hydrogen (secondary N) is 1. The van der Waals surface area contributed by atoms with E-state index < -0.39 is 0 Å². The fourth-order valence-corrected chi connectivity index (χ4v) is 5.13. The second-order valence-electron chi connectivity index (χ2n) is 9.14. The zero-order chi connectivity index (χ0) is 24.7. The Morgan fingerprint density at radius 3 is 2.31 bits per heavy atom. The molecule has 4 aromatic carbocycles. The van der Waals surface area contributed by atoms with E-state index in [0.717, 1.165) is 43.7 Å². The first kappa shape index (κ1) is 24.2. The number of hydrogen-bond acceptors (Lipinski definition) is 5. The van der Waals surface area contributed by atoms with E-state index in [1.54, 1.807) is 14.2 Å². The Hall–Kier alpha value is -3.54. The number of fused-ring (bicyclic) bond motifs is 1. The van der Waals surface area contributed by atoms with E-state index in [0.29, 0.717) is 23.9 Å². The van der Waals surface area contributed by atoms with E-state index in [2.05, 4.69) is 76.9 Å². The molecule has 0 spiro atoms. The van der Waals surface area contributed by atoms with Crippen molar-refractivity contribution in [1.29, 1.82) is 0 Å². The van der Waals surface area contributed by atoms with Crippen LogP contribution in [0.1, 0.15) is 29.2 Å². The van der Waals surface area contributed by atoms with Crippen LogP contribution in [0.5, 0.6) is 17.2 Å². The minimum Gasteiger partial charge on any atom is -0.493 e. The van der Waals surface area contributed by atoms with Gasteiger partial charge in [0, 0.05) is 19.6 Å². The summed E-state index contributed by atoms with van der Waals surface area (Å²) in [6.07, 6.45) is 1.10. The topological polar surface area (TPSA) is 43.0 Å². The van der Waals surface area contributed by atoms with Crippen LogP contribution in [0.25, 0.3) is 10.8 Å². The van der Waals surface area contributed by atoms with Crippen LogP contribution in [0, 0.1) is 0 Å². The van der Waals surface area contributed by atoms with Gasteiger partial charge < -0.3 is 19.5 Å². The lowest BCUT2D eigenvalue weighted by Crippen LogP contribution is -2.33. The predicted octanol–water partition coefficient (Wildman–Crippen LogP) is 5.82. The molecule has 1 unspecified atom stereocenters. The van der Waals surface area contributed by atoms with E-state index >= 15 is 0 Å². The standard InChI is InChI=1S/C31H34N2O3/c1-34-28-20-25(21-29(35-2)31(28)36-22-23-10-4-3-5-11-23)30(33-18-9-16-32-17-19-33)27-15-8-13-24-12-6-7-14-26(24)27/h3-8,10-15,20-21,30,32H,9,16-19,22H2,1-2H3. The van der Waals surface area contributed by atoms with Gasteiger partial charge in [0.1, 0.15) is 6.61 Å². The van der Waals surface area contributed by atoms with Crippen LogP contribution < -0.4 is 19.5 Å². The average molecular weight is 483 g/mol. The highest BCUT2D eigenvalue weighted by atomic mass is 16.5. The summed E-state index contributed by atoms with van der Waals surface area (Å²) in [6, 6.07) is 29.7. The second-order valence-corrected chi connectivity index (χ2v) is 9.14. The summed E-state index contributed by atoms with van der Waals surface area (Å²) < 4.78 is 18.0. The minimum absolute atomic E-state index is 0.0574. The molecule has 1 fully saturated rings. The highest BCUT2D eigenvalue weighted by molar-refractivity contribution is 5.86. The molecule has 0 aromatic heterocycles. The lowest BCUT2D eigenvalue weighted by molar-refractivity contribution is 0.238. The van der Waals surface area contributed by atoms with Crippen molar-refractivity contribution in [1.82, 2.24) is 10.2 Å². The van der Waals surface area contributed by atoms with Crippen molar-refractivity contribution in [3.63, 3.8) is 0 Å². The Labute approximate surface area is 213 Å². The lowest BCUT2D eigenvalue weighted by atomic mass is 9.91. The van der Waals surface area contributed by atoms with Crippen molar-refractivity contribution in [3.05, 3.63) is 102 Å². The highest BCUT2D eigenvalue weighted by Gasteiger charge is 2.27. The molecule has 1 saturated heterocycles. The van der Waals surface area contributed by atoms with Gasteiger partial charge in [-0.3, -0.25) is 4.90 Å². The van der Waals surface area contributed by atoms with Crippen LogP contribution in [0.4, 0.5) is 0 Å². The first-order valence-corrected chi connectivity index (χ1v) is 12.6. The van der Waals surface area contributed by atoms with Crippen molar-refractivity contribution >= 4 is 10.8 Å². The third kappa shape index (κ3) is 5.18. The van der Waals surface area contributed by atoms with Gasteiger partial charge in [-0.25, -0.2) is 0 Å². The molecule has 1 heterocycles. The normalized spacial score (nSPS) is 15.3. The first-order valence-electron chi connectivity index (χ1n) is 12.6. The van der Waals surface area contributed by atoms with Gasteiger partial charge in [-0.15, -0.1) is 0 Å². The Bertz CT molecular complexity index is 1250. The minimum atomic E-state index is 0.0574. The fourth-order valence-electron chi connectivity index (χ4n) is 5.13. The van der Waals surface area contributed by atoms with Crippen molar-refractivity contribution in [2.75, 3.05) is 40.4 Å². The third-order valence-electron chi connectivity index (χ3n) is 6.88. The van der Waals surface area contributed by atoms with Gasteiger partial charge in [0.15, 0.2) is 11.5 Å². The van der Waals surface area contributed by atoms with Gasteiger partial charge in [0.25, 0.3) is 0 Å². The molecule has 0 saturated carbocycles. The summed E-state index contributed by atoms with van der Waals surface area (Å²) in [5.74, 6) is 1.98. The van der Waals surface area contributed by atoms with E-state index in [9.17, 15) is 0 Å². The molecule has 1 aliphatic rings. The quantitative estimate of drug-likeness (QED) is 0.343. The third-order valence-corrected chi connectivity index (χ3v) is 6.88. The van der Waals surface area contributed by atoms with Gasteiger partial charge >= 0.3 is 0 Å². The van der Waals surface area contributed by atoms with E-state index in [1.807, 2.05) is 18.2 Å². The molecule has 1 atom stereocenters. The van der Waals surface area contributed by atoms with Crippen LogP contribution in [-0.4, -0.2) is 45.3 Å². The van der Waals surface area contributed by atoms with Gasteiger partial charge in [-0.1, -0.05) is 72.8 Å². The second kappa shape index (κ2) is 11.5. The Balaban J connectivity index is 1.60. The summed E-state index contributed by atoms with van der Waals surface area (Å²) in [4.78, 5) is 2.57. The molecule has 4 aromatic rings. The zero-order valence-corrected chi connectivity index (χ0v) is 21.1. The van der Waals surface area contributed by atoms with E-state index in [4.69, 9.17) is 14.2 Å². The molecule has 0 bridgehead atoms. The first-order chi connectivity index (χ1) is 17.8. The predicted molar refractivity (Wildman–Crippen MR) is 145 cm³/mol. The Kier molecular flexibility index (Phi) is 7.70. The maximum atomic E-state index is 6.24. The van der Waals surface area contributed by atoms with Crippen LogP contribution in [0.15, 0.2) is 84.9 Å². The molecule has 0 radical (unpaired) electrons. The van der Waals surface area contributed by atoms with Crippen LogP contribution in [0.3, 0.4) is 0 Å². The van der Waals surface area contributed by atoms with E-state index in [-0.39, 0.29) is 6.04 Å². The molecule has 5 rings (SSSR count). The molecule has 5 heteroatoms. The SMILES string of the molecule is COc1cc(C(c2cccc3ccccc23)N2CCCNCC2)cc(OC)c1OCc1ccccc1. The van der Waals surface area contributed by atoms with Gasteiger partial charge in [0.2, 0.25) is 5.75 Å². The zero-order valence-electron chi connectivity index (χ0n) is 21.1. The number of nitrogens with zero attached hydrogens (tertiary/aromatic N) is 1. The number of methoxy groups -OCH3 is 2. The number of hydrogen-bond donors (Lipinski definition) is 1. The van der Waals surface area contributed by atoms with Crippen molar-refractivity contribution in [2.24, 2.45) is 0 Å². The smallest absolute Gasteiger partial charge is 0.203 e. The molecule has 1 aliphatic heterocycles. The summed E-state index contributed by atoms with van der Waals surface area (Å²) in [7, 11) is 3.38. The summed E-state index contributed by atoms with van der Waals surface area (Å²) >= 11 is 0. The van der Waals surface area contributed by atoms with Gasteiger partial charge in [-0.2, -0.15) is 0 Å². The van der Waals surface area contributed by atoms with Crippen molar-refractivity contribution < 1.29 is 14.2 Å². The molecule has 186 valence electrons. The van der Waals surface area contributed by atoms with Crippen molar-refractivity contribution in [2.45, 2.75) is 19.1 Å². The summed E-state index contributed by atoms with van der Waals surface area (Å²) in [6.45, 7) is 4.42. The van der Waals surface area contributed by atoms with Crippen LogP contribution >= 0.6 is 0 Å². The fraction of sp³-hybridized carbons (Fsp3) is 0.290. The molecule has 0 aliphatic carbocycles. The van der Waals surface area contributed by atoms with Gasteiger partial charge in [0.05, 0.1) is 20.3 Å². The largest absolute Gasteiger partial charge is 0.493 e. The number of ether oxygens (including phenoxy) is 3. The Morgan fingerprint density at radius 2 is 1.53 bits per heavy atom. The van der Waals surface area contributed by atoms with Crippen LogP contribution in [-0.2, 0) is 6.61 Å². The van der Waals surface area contributed by atoms with Crippen LogP contribution in [0.2, 0.25) is 0 Å². The molecule has 0 amide bonds. The maximum Gasteiger partial charge on any atom is 0.203 e. The monoisotopic (exact) mass is 482 g/mol. The Morgan fingerprint density at radius 1 is 0.806 bits per heavy atom. The average Bonchev–Trinajstić information content (AvgIpc) is 3.22. The molecule has 1 N–H and O–H groups in total. The molecule has 5 nitrogen and oxygen atoms in total. The highest BCUT2D eigenvalue weighted by Crippen LogP contribution is 2.44. The molecular weight excluding hydrogens is 448 g/mol. The van der Waals surface area contributed by atoms with Crippen molar-refractivity contribution in [3.8, 4) is 17.2 Å². The van der Waals surface area contributed by atoms with E-state index in [1.165, 1.54) is 16.3 Å². The maximum absolute atomic E-state index is 6.24. The molecular formula is C31H34N2O3. The summed E-state index contributed by atoms with van der Waals surface area (Å²) in [5.41, 5.74) is 3.52. The molecule has 36 heavy (non-hydrogen) atoms.